The zero-order valence-corrected chi connectivity index (χ0v) is 11.4. The highest BCUT2D eigenvalue weighted by atomic mass is 32.2. The number of aromatic hydroxyl groups is 1. The van der Waals surface area contributed by atoms with Crippen LogP contribution in [0.2, 0.25) is 0 Å². The molecule has 8 nitrogen and oxygen atoms in total. The summed E-state index contributed by atoms with van der Waals surface area (Å²) in [7, 11) is -3.17. The molecule has 0 heterocycles. The molecule has 0 saturated carbocycles. The van der Waals surface area contributed by atoms with Crippen molar-refractivity contribution in [1.82, 2.24) is 5.32 Å². The van der Waals surface area contributed by atoms with E-state index in [1.807, 2.05) is 0 Å². The molecule has 0 aliphatic carbocycles. The zero-order chi connectivity index (χ0) is 15.3. The van der Waals surface area contributed by atoms with Gasteiger partial charge in [-0.3, -0.25) is 0 Å². The van der Waals surface area contributed by atoms with Gasteiger partial charge in [-0.25, -0.2) is 18.0 Å². The molecule has 110 valence electrons. The second-order valence-electron chi connectivity index (χ2n) is 4.05. The van der Waals surface area contributed by atoms with Gasteiger partial charge in [0.25, 0.3) is 0 Å². The minimum absolute atomic E-state index is 0.0610. The molecule has 1 aromatic carbocycles. The van der Waals surface area contributed by atoms with Crippen molar-refractivity contribution in [2.45, 2.75) is 0 Å². The third kappa shape index (κ3) is 5.14. The summed E-state index contributed by atoms with van der Waals surface area (Å²) in [6, 6.07) is 2.87. The summed E-state index contributed by atoms with van der Waals surface area (Å²) in [5, 5.41) is 22.7. The number of carboxylic acids is 1. The molecule has 0 saturated heterocycles. The second kappa shape index (κ2) is 6.24. The van der Waals surface area contributed by atoms with E-state index in [1.54, 1.807) is 0 Å². The number of carbonyl (C=O) groups is 2. The Kier molecular flexibility index (Phi) is 4.92. The predicted molar refractivity (Wildman–Crippen MR) is 71.8 cm³/mol. The number of aromatic carboxylic acids is 1. The molecule has 1 aromatic rings. The number of hydrogen-bond donors (Lipinski definition) is 4. The fourth-order valence-corrected chi connectivity index (χ4v) is 1.78. The Labute approximate surface area is 115 Å². The first-order valence-electron chi connectivity index (χ1n) is 5.48. The van der Waals surface area contributed by atoms with Crippen LogP contribution in [0.25, 0.3) is 0 Å². The van der Waals surface area contributed by atoms with Crippen molar-refractivity contribution in [2.75, 3.05) is 23.9 Å². The average molecular weight is 302 g/mol. The molecular formula is C11H14N2O6S. The molecule has 20 heavy (non-hydrogen) atoms. The highest BCUT2D eigenvalue weighted by Crippen LogP contribution is 2.21. The molecular weight excluding hydrogens is 288 g/mol. The van der Waals surface area contributed by atoms with E-state index in [2.05, 4.69) is 10.6 Å². The van der Waals surface area contributed by atoms with E-state index in [0.717, 1.165) is 18.4 Å². The van der Waals surface area contributed by atoms with Crippen LogP contribution in [0.3, 0.4) is 0 Å². The minimum atomic E-state index is -3.17. The topological polar surface area (TPSA) is 133 Å². The molecule has 4 N–H and O–H groups in total. The van der Waals surface area contributed by atoms with Crippen molar-refractivity contribution in [3.63, 3.8) is 0 Å². The number of sulfone groups is 1. The Balaban J connectivity index is 2.63. The number of benzene rings is 1. The van der Waals surface area contributed by atoms with E-state index in [0.29, 0.717) is 0 Å². The summed E-state index contributed by atoms with van der Waals surface area (Å²) in [6.07, 6.45) is 1.05. The van der Waals surface area contributed by atoms with Crippen LogP contribution >= 0.6 is 0 Å². The quantitative estimate of drug-likeness (QED) is 0.576. The highest BCUT2D eigenvalue weighted by molar-refractivity contribution is 7.90. The number of rotatable bonds is 5. The van der Waals surface area contributed by atoms with Gasteiger partial charge in [-0.2, -0.15) is 0 Å². The Morgan fingerprint density at radius 2 is 1.95 bits per heavy atom. The Bertz CT molecular complexity index is 626. The van der Waals surface area contributed by atoms with E-state index in [4.69, 9.17) is 5.11 Å². The van der Waals surface area contributed by atoms with Crippen molar-refractivity contribution in [3.05, 3.63) is 23.8 Å². The first-order chi connectivity index (χ1) is 9.19. The normalized spacial score (nSPS) is 10.8. The summed E-state index contributed by atoms with van der Waals surface area (Å²) in [5.41, 5.74) is -0.184. The number of hydrogen-bond acceptors (Lipinski definition) is 5. The van der Waals surface area contributed by atoms with Crippen LogP contribution < -0.4 is 10.6 Å². The van der Waals surface area contributed by atoms with Gasteiger partial charge in [0.15, 0.2) is 0 Å². The molecule has 0 unspecified atom stereocenters. The van der Waals surface area contributed by atoms with Crippen LogP contribution in [0.1, 0.15) is 10.4 Å². The van der Waals surface area contributed by atoms with Gasteiger partial charge in [-0.05, 0) is 18.2 Å². The largest absolute Gasteiger partial charge is 0.507 e. The van der Waals surface area contributed by atoms with Crippen molar-refractivity contribution in [3.8, 4) is 5.75 Å². The monoisotopic (exact) mass is 302 g/mol. The smallest absolute Gasteiger partial charge is 0.339 e. The number of urea groups is 1. The minimum Gasteiger partial charge on any atom is -0.507 e. The summed E-state index contributed by atoms with van der Waals surface area (Å²) in [6.45, 7) is -0.0610. The SMILES string of the molecule is CS(=O)(=O)CCNC(=O)Nc1ccc(O)c(C(=O)O)c1. The fourth-order valence-electron chi connectivity index (χ4n) is 1.31. The number of carbonyl (C=O) groups excluding carboxylic acids is 1. The number of nitrogens with one attached hydrogen (secondary N) is 2. The Morgan fingerprint density at radius 1 is 1.30 bits per heavy atom. The summed E-state index contributed by atoms with van der Waals surface area (Å²) >= 11 is 0. The van der Waals surface area contributed by atoms with Crippen molar-refractivity contribution < 1.29 is 28.2 Å². The van der Waals surface area contributed by atoms with Gasteiger partial charge in [0.2, 0.25) is 0 Å². The van der Waals surface area contributed by atoms with Gasteiger partial charge in [-0.1, -0.05) is 0 Å². The van der Waals surface area contributed by atoms with Crippen LogP contribution in [0.4, 0.5) is 10.5 Å². The lowest BCUT2D eigenvalue weighted by molar-refractivity contribution is 0.0693. The van der Waals surface area contributed by atoms with Crippen LogP contribution in [0.5, 0.6) is 5.75 Å². The van der Waals surface area contributed by atoms with E-state index < -0.39 is 27.6 Å². The molecule has 0 aliphatic rings. The fraction of sp³-hybridized carbons (Fsp3) is 0.273. The number of carboxylic acid groups (broad SMARTS) is 1. The van der Waals surface area contributed by atoms with Gasteiger partial charge in [0, 0.05) is 18.5 Å². The van der Waals surface area contributed by atoms with Gasteiger partial charge < -0.3 is 20.8 Å². The van der Waals surface area contributed by atoms with Gasteiger partial charge in [0.05, 0.1) is 5.75 Å². The standard InChI is InChI=1S/C11H14N2O6S/c1-20(18,19)5-4-12-11(17)13-7-2-3-9(14)8(6-7)10(15)16/h2-3,6,14H,4-5H2,1H3,(H,15,16)(H2,12,13,17). The molecule has 0 atom stereocenters. The van der Waals surface area contributed by atoms with Crippen LogP contribution in [0, 0.1) is 0 Å². The van der Waals surface area contributed by atoms with Crippen LogP contribution in [0.15, 0.2) is 18.2 Å². The summed E-state index contributed by atoms with van der Waals surface area (Å²) in [4.78, 5) is 22.2. The third-order valence-electron chi connectivity index (χ3n) is 2.24. The maximum Gasteiger partial charge on any atom is 0.339 e. The summed E-state index contributed by atoms with van der Waals surface area (Å²) in [5.74, 6) is -1.94. The predicted octanol–water partition coefficient (Wildman–Crippen LogP) is 0.256. The molecule has 1 rings (SSSR count). The Morgan fingerprint density at radius 3 is 2.50 bits per heavy atom. The van der Waals surface area contributed by atoms with Crippen molar-refractivity contribution >= 4 is 27.5 Å². The molecule has 0 radical (unpaired) electrons. The molecule has 0 fully saturated rings. The van der Waals surface area contributed by atoms with E-state index >= 15 is 0 Å². The average Bonchev–Trinajstić information content (AvgIpc) is 2.29. The molecule has 2 amide bonds. The van der Waals surface area contributed by atoms with Crippen LogP contribution in [-0.2, 0) is 9.84 Å². The van der Waals surface area contributed by atoms with E-state index in [9.17, 15) is 23.1 Å². The lowest BCUT2D eigenvalue weighted by Gasteiger charge is -2.08. The second-order valence-corrected chi connectivity index (χ2v) is 6.31. The van der Waals surface area contributed by atoms with E-state index in [1.165, 1.54) is 6.07 Å². The summed E-state index contributed by atoms with van der Waals surface area (Å²) < 4.78 is 21.7. The first kappa shape index (κ1) is 15.8. The number of amides is 2. The van der Waals surface area contributed by atoms with E-state index in [-0.39, 0.29) is 23.5 Å². The molecule has 0 aliphatic heterocycles. The third-order valence-corrected chi connectivity index (χ3v) is 3.19. The zero-order valence-electron chi connectivity index (χ0n) is 10.6. The maximum absolute atomic E-state index is 11.4. The lowest BCUT2D eigenvalue weighted by atomic mass is 10.2. The first-order valence-corrected chi connectivity index (χ1v) is 7.54. The van der Waals surface area contributed by atoms with Crippen molar-refractivity contribution in [1.29, 1.82) is 0 Å². The van der Waals surface area contributed by atoms with Crippen LogP contribution in [-0.4, -0.2) is 49.2 Å². The van der Waals surface area contributed by atoms with Gasteiger partial charge in [0.1, 0.15) is 21.2 Å². The molecule has 0 aromatic heterocycles. The molecule has 0 bridgehead atoms. The maximum atomic E-state index is 11.4. The van der Waals surface area contributed by atoms with Gasteiger partial charge >= 0.3 is 12.0 Å². The lowest BCUT2D eigenvalue weighted by Crippen LogP contribution is -2.32. The van der Waals surface area contributed by atoms with Gasteiger partial charge in [-0.15, -0.1) is 0 Å². The number of phenols is 1. The number of anilines is 1. The molecule has 0 spiro atoms. The Hall–Kier alpha value is -2.29. The molecule has 9 heteroatoms. The highest BCUT2D eigenvalue weighted by Gasteiger charge is 2.11. The van der Waals surface area contributed by atoms with Crippen molar-refractivity contribution in [2.24, 2.45) is 0 Å².